The number of hydrogen-bond donors (Lipinski definition) is 0. The molecular weight excluding hydrogens is 314 g/mol. The molecule has 0 bridgehead atoms. The molecule has 0 N–H and O–H groups in total. The fourth-order valence-electron chi connectivity index (χ4n) is 5.09. The van der Waals surface area contributed by atoms with Crippen molar-refractivity contribution in [3.05, 3.63) is 24.0 Å². The molecule has 2 saturated carbocycles. The Bertz CT molecular complexity index is 734. The molecule has 1 amide bonds. The number of rotatable bonds is 2. The summed E-state index contributed by atoms with van der Waals surface area (Å²) < 4.78 is 5.97. The number of carbonyl (C=O) groups excluding carboxylic acids is 1. The minimum atomic E-state index is -0.514. The van der Waals surface area contributed by atoms with Crippen LogP contribution in [0, 0.1) is 0 Å². The van der Waals surface area contributed by atoms with Gasteiger partial charge in [0.25, 0.3) is 0 Å². The van der Waals surface area contributed by atoms with Crippen LogP contribution >= 0.6 is 0 Å². The van der Waals surface area contributed by atoms with Gasteiger partial charge in [-0.15, -0.1) is 0 Å². The third kappa shape index (κ3) is 2.15. The van der Waals surface area contributed by atoms with Crippen LogP contribution in [0.25, 0.3) is 0 Å². The maximum Gasteiger partial charge on any atom is 0.239 e. The monoisotopic (exact) mass is 341 g/mol. The van der Waals surface area contributed by atoms with Crippen molar-refractivity contribution < 1.29 is 9.53 Å². The van der Waals surface area contributed by atoms with E-state index in [1.807, 2.05) is 24.8 Å². The van der Waals surface area contributed by atoms with Crippen LogP contribution in [-0.4, -0.2) is 52.7 Å². The third-order valence-electron chi connectivity index (χ3n) is 6.93. The van der Waals surface area contributed by atoms with Crippen molar-refractivity contribution in [2.24, 2.45) is 0 Å². The van der Waals surface area contributed by atoms with E-state index in [1.165, 1.54) is 12.8 Å². The summed E-state index contributed by atoms with van der Waals surface area (Å²) in [5.74, 6) is 0.203. The maximum atomic E-state index is 13.1. The summed E-state index contributed by atoms with van der Waals surface area (Å²) in [6.45, 7) is 9.29. The Morgan fingerprint density at radius 2 is 2.00 bits per heavy atom. The molecule has 0 radical (unpaired) electrons. The number of hydrogen-bond acceptors (Lipinski definition) is 4. The van der Waals surface area contributed by atoms with E-state index in [4.69, 9.17) is 4.74 Å². The highest BCUT2D eigenvalue weighted by atomic mass is 16.5. The second kappa shape index (κ2) is 4.83. The number of aromatic nitrogens is 1. The Balaban J connectivity index is 1.36. The van der Waals surface area contributed by atoms with Crippen LogP contribution in [-0.2, 0) is 14.9 Å². The molecule has 0 aromatic carbocycles. The van der Waals surface area contributed by atoms with Crippen LogP contribution in [0.5, 0.6) is 0 Å². The first-order valence-electron chi connectivity index (χ1n) is 9.53. The van der Waals surface area contributed by atoms with Gasteiger partial charge in [-0.2, -0.15) is 0 Å². The van der Waals surface area contributed by atoms with Gasteiger partial charge in [0.1, 0.15) is 0 Å². The second-order valence-corrected chi connectivity index (χ2v) is 9.18. The maximum absolute atomic E-state index is 13.1. The molecule has 1 spiro atoms. The molecule has 1 saturated heterocycles. The predicted molar refractivity (Wildman–Crippen MR) is 95.7 cm³/mol. The van der Waals surface area contributed by atoms with Gasteiger partial charge < -0.3 is 9.64 Å². The Hall–Kier alpha value is -1.46. The quantitative estimate of drug-likeness (QED) is 0.829. The summed E-state index contributed by atoms with van der Waals surface area (Å²) in [5.41, 5.74) is 1.79. The van der Waals surface area contributed by atoms with E-state index in [1.54, 1.807) is 6.20 Å². The summed E-state index contributed by atoms with van der Waals surface area (Å²) in [6.07, 6.45) is 6.30. The first-order valence-corrected chi connectivity index (χ1v) is 9.53. The van der Waals surface area contributed by atoms with Crippen LogP contribution in [0.1, 0.15) is 52.1 Å². The first-order chi connectivity index (χ1) is 11.8. The number of carbonyl (C=O) groups is 1. The van der Waals surface area contributed by atoms with E-state index in [0.29, 0.717) is 6.04 Å². The molecule has 3 heterocycles. The zero-order valence-corrected chi connectivity index (χ0v) is 15.4. The van der Waals surface area contributed by atoms with E-state index in [-0.39, 0.29) is 17.0 Å². The number of nitrogens with zero attached hydrogens (tertiary/aromatic N) is 3. The number of morpholine rings is 1. The minimum absolute atomic E-state index is 0.161. The molecule has 5 nitrogen and oxygen atoms in total. The largest absolute Gasteiger partial charge is 0.372 e. The smallest absolute Gasteiger partial charge is 0.239 e. The van der Waals surface area contributed by atoms with Crippen LogP contribution in [0.2, 0.25) is 0 Å². The summed E-state index contributed by atoms with van der Waals surface area (Å²) in [7, 11) is 0. The normalized spacial score (nSPS) is 35.6. The highest BCUT2D eigenvalue weighted by Gasteiger charge is 2.57. The number of fused-ring (bicyclic) bond motifs is 1. The summed E-state index contributed by atoms with van der Waals surface area (Å²) >= 11 is 0. The van der Waals surface area contributed by atoms with E-state index in [9.17, 15) is 4.79 Å². The second-order valence-electron chi connectivity index (χ2n) is 9.18. The van der Waals surface area contributed by atoms with Crippen molar-refractivity contribution in [3.8, 4) is 0 Å². The molecule has 2 aliphatic heterocycles. The van der Waals surface area contributed by atoms with Crippen LogP contribution in [0.4, 0.5) is 5.69 Å². The highest BCUT2D eigenvalue weighted by molar-refractivity contribution is 6.07. The van der Waals surface area contributed by atoms with Gasteiger partial charge in [-0.05, 0) is 58.6 Å². The number of ether oxygens (including phenoxy) is 1. The molecule has 1 aromatic rings. The van der Waals surface area contributed by atoms with E-state index >= 15 is 0 Å². The molecule has 4 aliphatic rings. The van der Waals surface area contributed by atoms with E-state index in [0.717, 1.165) is 43.9 Å². The molecule has 0 atom stereocenters. The Morgan fingerprint density at radius 3 is 2.72 bits per heavy atom. The van der Waals surface area contributed by atoms with Gasteiger partial charge in [0, 0.05) is 30.9 Å². The van der Waals surface area contributed by atoms with Gasteiger partial charge in [-0.1, -0.05) is 0 Å². The van der Waals surface area contributed by atoms with Crippen LogP contribution in [0.3, 0.4) is 0 Å². The molecule has 1 aromatic heterocycles. The van der Waals surface area contributed by atoms with Gasteiger partial charge >= 0.3 is 0 Å². The lowest BCUT2D eigenvalue weighted by molar-refractivity contribution is -0.126. The van der Waals surface area contributed by atoms with Gasteiger partial charge in [0.15, 0.2) is 0 Å². The van der Waals surface area contributed by atoms with Crippen molar-refractivity contribution in [1.29, 1.82) is 0 Å². The van der Waals surface area contributed by atoms with Gasteiger partial charge in [-0.25, -0.2) is 0 Å². The van der Waals surface area contributed by atoms with Crippen molar-refractivity contribution in [1.82, 2.24) is 9.88 Å². The molecule has 3 fully saturated rings. The Labute approximate surface area is 149 Å². The van der Waals surface area contributed by atoms with Crippen molar-refractivity contribution in [3.63, 3.8) is 0 Å². The highest BCUT2D eigenvalue weighted by Crippen LogP contribution is 2.51. The van der Waals surface area contributed by atoms with Crippen molar-refractivity contribution >= 4 is 11.6 Å². The topological polar surface area (TPSA) is 45.7 Å². The minimum Gasteiger partial charge on any atom is -0.372 e. The average molecular weight is 341 g/mol. The molecule has 2 aliphatic carbocycles. The predicted octanol–water partition coefficient (Wildman–Crippen LogP) is 2.49. The lowest BCUT2D eigenvalue weighted by Gasteiger charge is -2.56. The molecule has 25 heavy (non-hydrogen) atoms. The standard InChI is InChI=1S/C20H27N3O2/c1-18(2)16-15(5-4-8-21-16)23(17(18)24)14-11-19(3,12-14)22-9-10-25-20(13-22)6-7-20/h4-5,8,14H,6-7,9-13H2,1-3H3. The van der Waals surface area contributed by atoms with Gasteiger partial charge in [0.05, 0.1) is 29.0 Å². The van der Waals surface area contributed by atoms with Gasteiger partial charge in [-0.3, -0.25) is 14.7 Å². The number of amides is 1. The lowest BCUT2D eigenvalue weighted by atomic mass is 9.71. The summed E-state index contributed by atoms with van der Waals surface area (Å²) in [5, 5.41) is 0. The SMILES string of the molecule is CC1(C)C(=O)N(C2CC(C)(N3CCOC4(CC4)C3)C2)c2cccnc21. The van der Waals surface area contributed by atoms with Crippen LogP contribution in [0.15, 0.2) is 18.3 Å². The molecule has 5 heteroatoms. The Morgan fingerprint density at radius 1 is 1.24 bits per heavy atom. The fourth-order valence-corrected chi connectivity index (χ4v) is 5.09. The zero-order chi connectivity index (χ0) is 17.4. The molecule has 134 valence electrons. The van der Waals surface area contributed by atoms with Crippen molar-refractivity contribution in [2.45, 2.75) is 69.1 Å². The molecular formula is C20H27N3O2. The number of pyridine rings is 1. The van der Waals surface area contributed by atoms with Crippen LogP contribution < -0.4 is 4.90 Å². The van der Waals surface area contributed by atoms with E-state index < -0.39 is 5.41 Å². The van der Waals surface area contributed by atoms with Gasteiger partial charge in [0.2, 0.25) is 5.91 Å². The lowest BCUT2D eigenvalue weighted by Crippen LogP contribution is -2.66. The summed E-state index contributed by atoms with van der Waals surface area (Å²) in [4.78, 5) is 22.2. The number of anilines is 1. The molecule has 5 rings (SSSR count). The first kappa shape index (κ1) is 15.8. The molecule has 0 unspecified atom stereocenters. The van der Waals surface area contributed by atoms with E-state index in [2.05, 4.69) is 22.9 Å². The average Bonchev–Trinajstić information content (AvgIpc) is 3.27. The van der Waals surface area contributed by atoms with Crippen molar-refractivity contribution in [2.75, 3.05) is 24.6 Å². The third-order valence-corrected chi connectivity index (χ3v) is 6.93. The zero-order valence-electron chi connectivity index (χ0n) is 15.4. The Kier molecular flexibility index (Phi) is 3.05. The fraction of sp³-hybridized carbons (Fsp3) is 0.700. The summed E-state index contributed by atoms with van der Waals surface area (Å²) in [6, 6.07) is 4.29.